The molecule has 25 heavy (non-hydrogen) atoms. The first kappa shape index (κ1) is 17.6. The minimum atomic E-state index is -0.673. The van der Waals surface area contributed by atoms with E-state index >= 15 is 0 Å². The second-order valence-corrected chi connectivity index (χ2v) is 7.75. The van der Waals surface area contributed by atoms with Crippen LogP contribution in [0.15, 0.2) is 18.2 Å². The van der Waals surface area contributed by atoms with Crippen molar-refractivity contribution in [3.05, 3.63) is 23.8 Å². The normalized spacial score (nSPS) is 23.0. The van der Waals surface area contributed by atoms with Crippen molar-refractivity contribution in [3.8, 4) is 11.5 Å². The standard InChI is InChI=1S/C19H25NO5/c1-18(2,3)25-17(22)20-9-5-8-19(12-20)11-15(21)14-10-13(23-4)6-7-16(14)24-19/h6-7,10H,5,8-9,11-12H2,1-4H3/t19-/m1/s1. The summed E-state index contributed by atoms with van der Waals surface area (Å²) in [4.78, 5) is 26.7. The highest BCUT2D eigenvalue weighted by atomic mass is 16.6. The average Bonchev–Trinajstić information content (AvgIpc) is 2.53. The zero-order chi connectivity index (χ0) is 18.2. The second-order valence-electron chi connectivity index (χ2n) is 7.75. The highest BCUT2D eigenvalue weighted by Crippen LogP contribution is 2.39. The molecule has 136 valence electrons. The maximum Gasteiger partial charge on any atom is 0.410 e. The summed E-state index contributed by atoms with van der Waals surface area (Å²) in [5.74, 6) is 1.21. The number of fused-ring (bicyclic) bond motifs is 1. The Morgan fingerprint density at radius 3 is 2.76 bits per heavy atom. The Hall–Kier alpha value is -2.24. The van der Waals surface area contributed by atoms with Gasteiger partial charge in [0.15, 0.2) is 5.78 Å². The van der Waals surface area contributed by atoms with E-state index in [2.05, 4.69) is 0 Å². The molecular weight excluding hydrogens is 322 g/mol. The van der Waals surface area contributed by atoms with Gasteiger partial charge in [-0.2, -0.15) is 0 Å². The fourth-order valence-electron chi connectivity index (χ4n) is 3.41. The van der Waals surface area contributed by atoms with E-state index in [1.807, 2.05) is 20.8 Å². The summed E-state index contributed by atoms with van der Waals surface area (Å²) in [7, 11) is 1.57. The van der Waals surface area contributed by atoms with Crippen LogP contribution in [0.2, 0.25) is 0 Å². The molecule has 0 saturated carbocycles. The van der Waals surface area contributed by atoms with Crippen LogP contribution in [0.25, 0.3) is 0 Å². The highest BCUT2D eigenvalue weighted by Gasteiger charge is 2.45. The van der Waals surface area contributed by atoms with E-state index in [0.29, 0.717) is 30.2 Å². The second kappa shape index (κ2) is 6.24. The van der Waals surface area contributed by atoms with Crippen LogP contribution in [-0.4, -0.2) is 48.2 Å². The highest BCUT2D eigenvalue weighted by molar-refractivity contribution is 6.00. The smallest absolute Gasteiger partial charge is 0.410 e. The van der Waals surface area contributed by atoms with E-state index in [9.17, 15) is 9.59 Å². The van der Waals surface area contributed by atoms with Gasteiger partial charge in [-0.05, 0) is 51.8 Å². The fraction of sp³-hybridized carbons (Fsp3) is 0.579. The molecular formula is C19H25NO5. The Labute approximate surface area is 148 Å². The van der Waals surface area contributed by atoms with Crippen LogP contribution >= 0.6 is 0 Å². The van der Waals surface area contributed by atoms with Gasteiger partial charge in [-0.15, -0.1) is 0 Å². The average molecular weight is 347 g/mol. The summed E-state index contributed by atoms with van der Waals surface area (Å²) >= 11 is 0. The first-order valence-corrected chi connectivity index (χ1v) is 8.60. The maximum atomic E-state index is 12.7. The lowest BCUT2D eigenvalue weighted by Crippen LogP contribution is -2.56. The number of carbonyl (C=O) groups is 2. The molecule has 2 aliphatic heterocycles. The number of carbonyl (C=O) groups excluding carboxylic acids is 2. The monoisotopic (exact) mass is 347 g/mol. The first-order chi connectivity index (χ1) is 11.7. The molecule has 1 saturated heterocycles. The Bertz CT molecular complexity index is 694. The van der Waals surface area contributed by atoms with Gasteiger partial charge in [0.05, 0.1) is 25.6 Å². The predicted molar refractivity (Wildman–Crippen MR) is 92.3 cm³/mol. The van der Waals surface area contributed by atoms with Crippen LogP contribution in [0.5, 0.6) is 11.5 Å². The Morgan fingerprint density at radius 1 is 1.32 bits per heavy atom. The number of methoxy groups -OCH3 is 1. The number of rotatable bonds is 1. The zero-order valence-corrected chi connectivity index (χ0v) is 15.3. The van der Waals surface area contributed by atoms with Gasteiger partial charge in [0.25, 0.3) is 0 Å². The lowest BCUT2D eigenvalue weighted by molar-refractivity contribution is -0.0334. The molecule has 0 bridgehead atoms. The van der Waals surface area contributed by atoms with Crippen molar-refractivity contribution in [2.75, 3.05) is 20.2 Å². The minimum Gasteiger partial charge on any atom is -0.497 e. The van der Waals surface area contributed by atoms with Crippen molar-refractivity contribution < 1.29 is 23.8 Å². The number of nitrogens with zero attached hydrogens (tertiary/aromatic N) is 1. The Kier molecular flexibility index (Phi) is 4.39. The van der Waals surface area contributed by atoms with Crippen molar-refractivity contribution in [2.45, 2.75) is 51.2 Å². The number of hydrogen-bond acceptors (Lipinski definition) is 5. The molecule has 1 fully saturated rings. The largest absolute Gasteiger partial charge is 0.497 e. The van der Waals surface area contributed by atoms with Crippen LogP contribution in [0, 0.1) is 0 Å². The molecule has 1 aromatic carbocycles. The van der Waals surface area contributed by atoms with Gasteiger partial charge >= 0.3 is 6.09 Å². The fourth-order valence-corrected chi connectivity index (χ4v) is 3.41. The Morgan fingerprint density at radius 2 is 2.08 bits per heavy atom. The zero-order valence-electron chi connectivity index (χ0n) is 15.3. The van der Waals surface area contributed by atoms with Gasteiger partial charge in [0.2, 0.25) is 0 Å². The number of amides is 1. The molecule has 1 amide bonds. The van der Waals surface area contributed by atoms with E-state index in [1.165, 1.54) is 0 Å². The van der Waals surface area contributed by atoms with Crippen molar-refractivity contribution in [3.63, 3.8) is 0 Å². The van der Waals surface area contributed by atoms with E-state index in [0.717, 1.165) is 12.8 Å². The lowest BCUT2D eigenvalue weighted by atomic mass is 9.83. The summed E-state index contributed by atoms with van der Waals surface area (Å²) in [6, 6.07) is 5.25. The lowest BCUT2D eigenvalue weighted by Gasteiger charge is -2.44. The van der Waals surface area contributed by atoms with E-state index in [-0.39, 0.29) is 18.3 Å². The van der Waals surface area contributed by atoms with Gasteiger partial charge in [0.1, 0.15) is 22.7 Å². The molecule has 1 atom stereocenters. The quantitative estimate of drug-likeness (QED) is 0.779. The van der Waals surface area contributed by atoms with Crippen molar-refractivity contribution in [1.82, 2.24) is 4.90 Å². The van der Waals surface area contributed by atoms with Gasteiger partial charge in [-0.1, -0.05) is 0 Å². The third kappa shape index (κ3) is 3.72. The molecule has 2 aliphatic rings. The number of ether oxygens (including phenoxy) is 3. The van der Waals surface area contributed by atoms with E-state index in [4.69, 9.17) is 14.2 Å². The van der Waals surface area contributed by atoms with Gasteiger partial charge < -0.3 is 19.1 Å². The molecule has 0 unspecified atom stereocenters. The number of Topliss-reactive ketones (excluding diaryl/α,β-unsaturated/α-hetero) is 1. The van der Waals surface area contributed by atoms with Crippen LogP contribution in [0.4, 0.5) is 4.79 Å². The van der Waals surface area contributed by atoms with Crippen LogP contribution in [0.1, 0.15) is 50.4 Å². The van der Waals surface area contributed by atoms with Gasteiger partial charge in [0, 0.05) is 6.54 Å². The molecule has 0 aliphatic carbocycles. The number of hydrogen-bond donors (Lipinski definition) is 0. The molecule has 2 heterocycles. The number of likely N-dealkylation sites (tertiary alicyclic amines) is 1. The van der Waals surface area contributed by atoms with Crippen molar-refractivity contribution >= 4 is 11.9 Å². The summed E-state index contributed by atoms with van der Waals surface area (Å²) in [5, 5.41) is 0. The molecule has 1 aromatic rings. The molecule has 6 heteroatoms. The van der Waals surface area contributed by atoms with E-state index in [1.54, 1.807) is 30.2 Å². The molecule has 3 rings (SSSR count). The summed E-state index contributed by atoms with van der Waals surface area (Å²) in [6.45, 7) is 6.50. The summed E-state index contributed by atoms with van der Waals surface area (Å²) in [5.41, 5.74) is -0.679. The predicted octanol–water partition coefficient (Wildman–Crippen LogP) is 3.43. The minimum absolute atomic E-state index is 0.0196. The van der Waals surface area contributed by atoms with Crippen molar-refractivity contribution in [1.29, 1.82) is 0 Å². The molecule has 6 nitrogen and oxygen atoms in total. The van der Waals surface area contributed by atoms with Gasteiger partial charge in [-0.3, -0.25) is 4.79 Å². The first-order valence-electron chi connectivity index (χ1n) is 8.60. The van der Waals surface area contributed by atoms with Crippen molar-refractivity contribution in [2.24, 2.45) is 0 Å². The topological polar surface area (TPSA) is 65.1 Å². The third-order valence-corrected chi connectivity index (χ3v) is 4.49. The summed E-state index contributed by atoms with van der Waals surface area (Å²) in [6.07, 6.45) is 1.41. The van der Waals surface area contributed by atoms with Crippen LogP contribution < -0.4 is 9.47 Å². The maximum absolute atomic E-state index is 12.7. The number of benzene rings is 1. The van der Waals surface area contributed by atoms with Gasteiger partial charge in [-0.25, -0.2) is 4.79 Å². The van der Waals surface area contributed by atoms with Crippen LogP contribution in [-0.2, 0) is 4.74 Å². The number of ketones is 1. The molecule has 0 N–H and O–H groups in total. The van der Waals surface area contributed by atoms with E-state index < -0.39 is 11.2 Å². The molecule has 0 radical (unpaired) electrons. The number of piperidine rings is 1. The Balaban J connectivity index is 1.80. The third-order valence-electron chi connectivity index (χ3n) is 4.49. The molecule has 1 spiro atoms. The SMILES string of the molecule is COc1ccc2c(c1)C(=O)C[C@@]1(CCCN(C(=O)OC(C)(C)C)C1)O2. The summed E-state index contributed by atoms with van der Waals surface area (Å²) < 4.78 is 16.9. The van der Waals surface area contributed by atoms with Crippen LogP contribution in [0.3, 0.4) is 0 Å². The molecule has 0 aromatic heterocycles.